The summed E-state index contributed by atoms with van der Waals surface area (Å²) in [5, 5.41) is 13.2. The van der Waals surface area contributed by atoms with Crippen LogP contribution in [0.2, 0.25) is 5.04 Å². The van der Waals surface area contributed by atoms with Crippen LogP contribution < -0.4 is 10.4 Å². The minimum atomic E-state index is -2.77. The lowest BCUT2D eigenvalue weighted by atomic mass is 9.89. The number of hydrogen-bond acceptors (Lipinski definition) is 4. The first-order valence-corrected chi connectivity index (χ1v) is 14.6. The van der Waals surface area contributed by atoms with Crippen LogP contribution in [0.3, 0.4) is 0 Å². The molecule has 6 heteroatoms. The molecule has 1 amide bonds. The van der Waals surface area contributed by atoms with E-state index in [0.29, 0.717) is 13.0 Å². The van der Waals surface area contributed by atoms with E-state index in [-0.39, 0.29) is 22.9 Å². The Labute approximate surface area is 212 Å². The zero-order valence-corrected chi connectivity index (χ0v) is 23.6. The van der Waals surface area contributed by atoms with Gasteiger partial charge in [0, 0.05) is 0 Å². The van der Waals surface area contributed by atoms with Crippen LogP contribution in [0.25, 0.3) is 0 Å². The average Bonchev–Trinajstić information content (AvgIpc) is 3.10. The largest absolute Gasteiger partial charge is 0.444 e. The molecule has 1 unspecified atom stereocenters. The van der Waals surface area contributed by atoms with Crippen molar-refractivity contribution in [2.45, 2.75) is 84.7 Å². The molecule has 35 heavy (non-hydrogen) atoms. The summed E-state index contributed by atoms with van der Waals surface area (Å²) in [6.07, 6.45) is -0.847. The maximum Gasteiger partial charge on any atom is 0.412 e. The number of likely N-dealkylation sites (tertiary alicyclic amines) is 1. The van der Waals surface area contributed by atoms with Crippen LogP contribution in [0, 0.1) is 11.8 Å². The summed E-state index contributed by atoms with van der Waals surface area (Å²) < 4.78 is 12.9. The number of aliphatic hydroxyl groups is 1. The third-order valence-corrected chi connectivity index (χ3v) is 12.0. The first kappa shape index (κ1) is 27.4. The molecule has 1 saturated heterocycles. The molecule has 1 aliphatic rings. The number of nitrogens with zero attached hydrogens (tertiary/aromatic N) is 1. The standard InChI is InChI=1S/C29H43NO4Si/c1-21(2)24-19-26(31)30(27(32)34-28(3,4)5)25(24)20-33-35(29(6,7)8,22-15-11-9-12-16-22)23-17-13-10-14-18-23/h9-18,21,24-26,31H,19-20H2,1-8H3/t24-,25-,26?/m0/s1. The molecule has 0 radical (unpaired) electrons. The second-order valence-corrected chi connectivity index (χ2v) is 16.4. The predicted molar refractivity (Wildman–Crippen MR) is 144 cm³/mol. The number of ether oxygens (including phenoxy) is 1. The van der Waals surface area contributed by atoms with Crippen molar-refractivity contribution < 1.29 is 19.1 Å². The van der Waals surface area contributed by atoms with Gasteiger partial charge in [-0.15, -0.1) is 0 Å². The van der Waals surface area contributed by atoms with E-state index in [4.69, 9.17) is 9.16 Å². The molecule has 0 aliphatic carbocycles. The van der Waals surface area contributed by atoms with E-state index < -0.39 is 26.2 Å². The molecule has 1 N–H and O–H groups in total. The number of hydrogen-bond donors (Lipinski definition) is 1. The van der Waals surface area contributed by atoms with Crippen LogP contribution in [0.1, 0.15) is 61.8 Å². The van der Waals surface area contributed by atoms with Crippen molar-refractivity contribution in [3.05, 3.63) is 60.7 Å². The lowest BCUT2D eigenvalue weighted by Gasteiger charge is -2.44. The van der Waals surface area contributed by atoms with Crippen molar-refractivity contribution in [1.29, 1.82) is 0 Å². The highest BCUT2D eigenvalue weighted by Crippen LogP contribution is 2.40. The van der Waals surface area contributed by atoms with Crippen LogP contribution in [-0.2, 0) is 9.16 Å². The number of amides is 1. The third kappa shape index (κ3) is 5.82. The number of benzene rings is 2. The fraction of sp³-hybridized carbons (Fsp3) is 0.552. The summed E-state index contributed by atoms with van der Waals surface area (Å²) >= 11 is 0. The average molecular weight is 498 g/mol. The minimum absolute atomic E-state index is 0.107. The predicted octanol–water partition coefficient (Wildman–Crippen LogP) is 5.16. The van der Waals surface area contributed by atoms with Gasteiger partial charge in [-0.3, -0.25) is 4.90 Å². The highest BCUT2D eigenvalue weighted by molar-refractivity contribution is 6.99. The Morgan fingerprint density at radius 2 is 1.46 bits per heavy atom. The molecule has 1 fully saturated rings. The minimum Gasteiger partial charge on any atom is -0.444 e. The van der Waals surface area contributed by atoms with Crippen molar-refractivity contribution in [1.82, 2.24) is 4.90 Å². The van der Waals surface area contributed by atoms with Gasteiger partial charge in [-0.2, -0.15) is 0 Å². The molecular formula is C29H43NO4Si. The van der Waals surface area contributed by atoms with Gasteiger partial charge in [0.05, 0.1) is 12.6 Å². The Hall–Kier alpha value is -2.15. The van der Waals surface area contributed by atoms with Gasteiger partial charge in [0.25, 0.3) is 8.32 Å². The first-order chi connectivity index (χ1) is 16.3. The Morgan fingerprint density at radius 3 is 1.86 bits per heavy atom. The van der Waals surface area contributed by atoms with Gasteiger partial charge < -0.3 is 14.3 Å². The van der Waals surface area contributed by atoms with Gasteiger partial charge in [-0.1, -0.05) is 95.3 Å². The molecule has 3 atom stereocenters. The van der Waals surface area contributed by atoms with E-state index in [1.54, 1.807) is 0 Å². The SMILES string of the molecule is CC(C)[C@@H]1CC(O)N(C(=O)OC(C)(C)C)[C@H]1CO[Si](c1ccccc1)(c1ccccc1)C(C)(C)C. The second kappa shape index (κ2) is 10.5. The summed E-state index contributed by atoms with van der Waals surface area (Å²) in [5.41, 5.74) is -0.643. The number of rotatable bonds is 6. The summed E-state index contributed by atoms with van der Waals surface area (Å²) in [4.78, 5) is 14.7. The van der Waals surface area contributed by atoms with E-state index in [2.05, 4.69) is 83.1 Å². The van der Waals surface area contributed by atoms with Crippen molar-refractivity contribution in [3.8, 4) is 0 Å². The fourth-order valence-corrected chi connectivity index (χ4v) is 9.98. The zero-order chi connectivity index (χ0) is 26.0. The molecular weight excluding hydrogens is 454 g/mol. The highest BCUT2D eigenvalue weighted by atomic mass is 28.4. The summed E-state index contributed by atoms with van der Waals surface area (Å²) in [6, 6.07) is 20.7. The van der Waals surface area contributed by atoms with Gasteiger partial charge in [-0.25, -0.2) is 4.79 Å². The maximum atomic E-state index is 13.2. The van der Waals surface area contributed by atoms with Crippen LogP contribution in [0.5, 0.6) is 0 Å². The van der Waals surface area contributed by atoms with Crippen molar-refractivity contribution in [2.24, 2.45) is 11.8 Å². The van der Waals surface area contributed by atoms with E-state index in [0.717, 1.165) is 0 Å². The van der Waals surface area contributed by atoms with Crippen molar-refractivity contribution in [3.63, 3.8) is 0 Å². The zero-order valence-electron chi connectivity index (χ0n) is 22.6. The quantitative estimate of drug-likeness (QED) is 0.560. The lowest BCUT2D eigenvalue weighted by molar-refractivity contribution is -0.0308. The van der Waals surface area contributed by atoms with Crippen LogP contribution in [0.15, 0.2) is 60.7 Å². The number of aliphatic hydroxyl groups excluding tert-OH is 1. The Bertz CT molecular complexity index is 926. The molecule has 3 rings (SSSR count). The summed E-state index contributed by atoms with van der Waals surface area (Å²) in [5.74, 6) is 0.389. The van der Waals surface area contributed by atoms with Gasteiger partial charge in [0.2, 0.25) is 0 Å². The summed E-state index contributed by atoms with van der Waals surface area (Å²) in [6.45, 7) is 16.9. The van der Waals surface area contributed by atoms with Crippen LogP contribution in [0.4, 0.5) is 4.79 Å². The number of carbonyl (C=O) groups is 1. The van der Waals surface area contributed by atoms with Crippen LogP contribution in [-0.4, -0.2) is 48.9 Å². The van der Waals surface area contributed by atoms with Gasteiger partial charge in [0.1, 0.15) is 11.8 Å². The monoisotopic (exact) mass is 497 g/mol. The molecule has 0 aromatic heterocycles. The molecule has 192 valence electrons. The Balaban J connectivity index is 2.06. The van der Waals surface area contributed by atoms with E-state index in [9.17, 15) is 9.90 Å². The molecule has 0 saturated carbocycles. The Morgan fingerprint density at radius 1 is 0.971 bits per heavy atom. The molecule has 0 bridgehead atoms. The highest BCUT2D eigenvalue weighted by Gasteiger charge is 2.53. The van der Waals surface area contributed by atoms with Gasteiger partial charge >= 0.3 is 6.09 Å². The topological polar surface area (TPSA) is 59.0 Å². The van der Waals surface area contributed by atoms with Gasteiger partial charge in [0.15, 0.2) is 0 Å². The molecule has 2 aromatic carbocycles. The smallest absolute Gasteiger partial charge is 0.412 e. The van der Waals surface area contributed by atoms with Gasteiger partial charge in [-0.05, 0) is 54.4 Å². The molecule has 5 nitrogen and oxygen atoms in total. The second-order valence-electron chi connectivity index (χ2n) is 12.1. The summed E-state index contributed by atoms with van der Waals surface area (Å²) in [7, 11) is -2.77. The van der Waals surface area contributed by atoms with Crippen molar-refractivity contribution >= 4 is 24.8 Å². The first-order valence-electron chi connectivity index (χ1n) is 12.7. The third-order valence-electron chi connectivity index (χ3n) is 7.00. The normalized spacial score (nSPS) is 21.4. The fourth-order valence-electron chi connectivity index (χ4n) is 5.41. The Kier molecular flexibility index (Phi) is 8.19. The molecule has 0 spiro atoms. The molecule has 2 aromatic rings. The van der Waals surface area contributed by atoms with E-state index >= 15 is 0 Å². The van der Waals surface area contributed by atoms with Crippen molar-refractivity contribution in [2.75, 3.05) is 6.61 Å². The molecule has 1 heterocycles. The van der Waals surface area contributed by atoms with E-state index in [1.807, 2.05) is 32.9 Å². The molecule has 1 aliphatic heterocycles. The maximum absolute atomic E-state index is 13.2. The number of carbonyl (C=O) groups excluding carboxylic acids is 1. The lowest BCUT2D eigenvalue weighted by Crippen LogP contribution is -2.67. The van der Waals surface area contributed by atoms with Crippen LogP contribution >= 0.6 is 0 Å². The van der Waals surface area contributed by atoms with E-state index in [1.165, 1.54) is 15.3 Å².